The van der Waals surface area contributed by atoms with E-state index in [1.54, 1.807) is 0 Å². The van der Waals surface area contributed by atoms with Crippen molar-refractivity contribution in [1.82, 2.24) is 4.90 Å². The van der Waals surface area contributed by atoms with Gasteiger partial charge in [-0.2, -0.15) is 0 Å². The number of unbranched alkanes of at least 4 members (excludes halogenated alkanes) is 2. The zero-order chi connectivity index (χ0) is 14.7. The van der Waals surface area contributed by atoms with Crippen molar-refractivity contribution < 1.29 is 9.90 Å². The number of rotatable bonds is 7. The first-order valence-electron chi connectivity index (χ1n) is 7.23. The van der Waals surface area contributed by atoms with Crippen LogP contribution in [0.1, 0.15) is 74.1 Å². The third kappa shape index (κ3) is 11.9. The van der Waals surface area contributed by atoms with Gasteiger partial charge in [-0.05, 0) is 48.0 Å². The number of carboxylic acids is 1. The Bertz CT molecular complexity index is 182. The van der Waals surface area contributed by atoms with E-state index < -0.39 is 5.97 Å². The molecular formula is C15H33NO2. The predicted octanol–water partition coefficient (Wildman–Crippen LogP) is 4.16. The van der Waals surface area contributed by atoms with Crippen molar-refractivity contribution in [3.8, 4) is 0 Å². The minimum Gasteiger partial charge on any atom is -0.481 e. The maximum absolute atomic E-state index is 9.87. The zero-order valence-electron chi connectivity index (χ0n) is 13.4. The van der Waals surface area contributed by atoms with Gasteiger partial charge in [0.25, 0.3) is 0 Å². The second-order valence-electron chi connectivity index (χ2n) is 5.58. The summed E-state index contributed by atoms with van der Waals surface area (Å²) in [6, 6.07) is 2.00. The monoisotopic (exact) mass is 259 g/mol. The third-order valence-corrected chi connectivity index (χ3v) is 2.78. The Morgan fingerprint density at radius 2 is 1.33 bits per heavy atom. The highest BCUT2D eigenvalue weighted by molar-refractivity contribution is 5.66. The molecule has 0 saturated heterocycles. The first-order valence-corrected chi connectivity index (χ1v) is 7.23. The van der Waals surface area contributed by atoms with Gasteiger partial charge in [0, 0.05) is 24.5 Å². The molecule has 0 aliphatic carbocycles. The SMILES string of the molecule is CC(C)N(C(C)C)C(C)C.CCCCCC(=O)O. The Hall–Kier alpha value is -0.570. The molecule has 0 aliphatic rings. The van der Waals surface area contributed by atoms with E-state index in [0.717, 1.165) is 19.3 Å². The van der Waals surface area contributed by atoms with Gasteiger partial charge in [0.15, 0.2) is 0 Å². The van der Waals surface area contributed by atoms with Crippen molar-refractivity contribution in [3.05, 3.63) is 0 Å². The highest BCUT2D eigenvalue weighted by atomic mass is 16.4. The van der Waals surface area contributed by atoms with Gasteiger partial charge in [-0.15, -0.1) is 0 Å². The molecule has 0 aliphatic heterocycles. The molecular weight excluding hydrogens is 226 g/mol. The van der Waals surface area contributed by atoms with E-state index in [2.05, 4.69) is 53.4 Å². The van der Waals surface area contributed by atoms with Crippen LogP contribution < -0.4 is 0 Å². The molecule has 0 rings (SSSR count). The van der Waals surface area contributed by atoms with Gasteiger partial charge >= 0.3 is 5.97 Å². The largest absolute Gasteiger partial charge is 0.481 e. The third-order valence-electron chi connectivity index (χ3n) is 2.78. The summed E-state index contributed by atoms with van der Waals surface area (Å²) in [4.78, 5) is 12.4. The number of carbonyl (C=O) groups is 1. The summed E-state index contributed by atoms with van der Waals surface area (Å²) < 4.78 is 0. The van der Waals surface area contributed by atoms with Crippen molar-refractivity contribution >= 4 is 5.97 Å². The van der Waals surface area contributed by atoms with Crippen LogP contribution in [0.4, 0.5) is 0 Å². The quantitative estimate of drug-likeness (QED) is 0.698. The van der Waals surface area contributed by atoms with Crippen LogP contribution in [0, 0.1) is 0 Å². The van der Waals surface area contributed by atoms with Crippen molar-refractivity contribution in [1.29, 1.82) is 0 Å². The van der Waals surface area contributed by atoms with E-state index in [9.17, 15) is 4.79 Å². The topological polar surface area (TPSA) is 40.5 Å². The molecule has 0 bridgehead atoms. The maximum atomic E-state index is 9.87. The van der Waals surface area contributed by atoms with Crippen LogP contribution in [-0.2, 0) is 4.79 Å². The first-order chi connectivity index (χ1) is 8.23. The molecule has 110 valence electrons. The van der Waals surface area contributed by atoms with Gasteiger partial charge in [-0.3, -0.25) is 9.69 Å². The fourth-order valence-electron chi connectivity index (χ4n) is 2.32. The van der Waals surface area contributed by atoms with E-state index in [4.69, 9.17) is 5.11 Å². The Balaban J connectivity index is 0. The lowest BCUT2D eigenvalue weighted by Crippen LogP contribution is -2.42. The fraction of sp³-hybridized carbons (Fsp3) is 0.933. The molecule has 0 atom stereocenters. The molecule has 0 spiro atoms. The second-order valence-corrected chi connectivity index (χ2v) is 5.58. The van der Waals surface area contributed by atoms with Crippen LogP contribution in [0.5, 0.6) is 0 Å². The smallest absolute Gasteiger partial charge is 0.303 e. The number of nitrogens with zero attached hydrogens (tertiary/aromatic N) is 1. The molecule has 0 fully saturated rings. The normalized spacial score (nSPS) is 11.1. The lowest BCUT2D eigenvalue weighted by Gasteiger charge is -2.34. The van der Waals surface area contributed by atoms with E-state index in [1.165, 1.54) is 0 Å². The second kappa shape index (κ2) is 11.5. The summed E-state index contributed by atoms with van der Waals surface area (Å²) in [7, 11) is 0. The number of aliphatic carboxylic acids is 1. The number of hydrogen-bond acceptors (Lipinski definition) is 2. The molecule has 0 aromatic rings. The van der Waals surface area contributed by atoms with Crippen molar-refractivity contribution in [2.45, 2.75) is 92.3 Å². The van der Waals surface area contributed by atoms with Crippen LogP contribution in [0.25, 0.3) is 0 Å². The van der Waals surface area contributed by atoms with E-state index >= 15 is 0 Å². The average Bonchev–Trinajstić information content (AvgIpc) is 2.16. The lowest BCUT2D eigenvalue weighted by atomic mass is 10.2. The van der Waals surface area contributed by atoms with Crippen molar-refractivity contribution in [2.24, 2.45) is 0 Å². The van der Waals surface area contributed by atoms with Gasteiger partial charge in [-0.25, -0.2) is 0 Å². The molecule has 18 heavy (non-hydrogen) atoms. The van der Waals surface area contributed by atoms with Gasteiger partial charge in [-0.1, -0.05) is 19.8 Å². The predicted molar refractivity (Wildman–Crippen MR) is 79.0 cm³/mol. The van der Waals surface area contributed by atoms with Crippen LogP contribution in [0.3, 0.4) is 0 Å². The molecule has 0 amide bonds. The number of carboxylic acid groups (broad SMARTS) is 1. The van der Waals surface area contributed by atoms with Crippen molar-refractivity contribution in [3.63, 3.8) is 0 Å². The summed E-state index contributed by atoms with van der Waals surface area (Å²) in [6.07, 6.45) is 3.28. The summed E-state index contributed by atoms with van der Waals surface area (Å²) in [5.74, 6) is -0.682. The molecule has 0 heterocycles. The molecule has 0 aromatic heterocycles. The standard InChI is InChI=1S/C9H21N.C6H12O2/c1-7(2)10(8(3)4)9(5)6;1-2-3-4-5-6(7)8/h7-9H,1-6H3;2-5H2,1H3,(H,7,8). The van der Waals surface area contributed by atoms with Crippen LogP contribution in [-0.4, -0.2) is 34.1 Å². The molecule has 0 saturated carbocycles. The van der Waals surface area contributed by atoms with Gasteiger partial charge in [0.1, 0.15) is 0 Å². The van der Waals surface area contributed by atoms with E-state index in [-0.39, 0.29) is 0 Å². The Morgan fingerprint density at radius 1 is 0.944 bits per heavy atom. The first kappa shape index (κ1) is 19.8. The zero-order valence-corrected chi connectivity index (χ0v) is 13.4. The van der Waals surface area contributed by atoms with E-state index in [1.807, 2.05) is 0 Å². The van der Waals surface area contributed by atoms with Gasteiger partial charge < -0.3 is 5.11 Å². The van der Waals surface area contributed by atoms with E-state index in [0.29, 0.717) is 24.5 Å². The Morgan fingerprint density at radius 3 is 1.50 bits per heavy atom. The van der Waals surface area contributed by atoms with Crippen molar-refractivity contribution in [2.75, 3.05) is 0 Å². The van der Waals surface area contributed by atoms with Crippen LogP contribution in [0.2, 0.25) is 0 Å². The summed E-state index contributed by atoms with van der Waals surface area (Å²) in [6.45, 7) is 15.6. The molecule has 1 N–H and O–H groups in total. The summed E-state index contributed by atoms with van der Waals surface area (Å²) >= 11 is 0. The van der Waals surface area contributed by atoms with Gasteiger partial charge in [0.2, 0.25) is 0 Å². The highest BCUT2D eigenvalue weighted by Crippen LogP contribution is 2.09. The molecule has 3 nitrogen and oxygen atoms in total. The fourth-order valence-corrected chi connectivity index (χ4v) is 2.32. The Labute approximate surface area is 114 Å². The van der Waals surface area contributed by atoms with Crippen LogP contribution in [0.15, 0.2) is 0 Å². The molecule has 0 aromatic carbocycles. The minimum absolute atomic E-state index is 0.327. The number of hydrogen-bond donors (Lipinski definition) is 1. The highest BCUT2D eigenvalue weighted by Gasteiger charge is 2.15. The molecule has 3 heteroatoms. The summed E-state index contributed by atoms with van der Waals surface area (Å²) in [5.41, 5.74) is 0. The summed E-state index contributed by atoms with van der Waals surface area (Å²) in [5, 5.41) is 8.14. The molecule has 0 unspecified atom stereocenters. The average molecular weight is 259 g/mol. The Kier molecular flexibility index (Phi) is 12.6. The maximum Gasteiger partial charge on any atom is 0.303 e. The van der Waals surface area contributed by atoms with Gasteiger partial charge in [0.05, 0.1) is 0 Å². The van der Waals surface area contributed by atoms with Crippen LogP contribution >= 0.6 is 0 Å². The molecule has 0 radical (unpaired) electrons. The minimum atomic E-state index is -0.682. The lowest BCUT2D eigenvalue weighted by molar-refractivity contribution is -0.137.